The molecule has 0 N–H and O–H groups in total. The summed E-state index contributed by atoms with van der Waals surface area (Å²) in [6.45, 7) is 2.25. The van der Waals surface area contributed by atoms with Crippen LogP contribution < -0.4 is 0 Å². The minimum Gasteiger partial charge on any atom is -0.358 e. The Morgan fingerprint density at radius 2 is 1.86 bits per heavy atom. The SMILES string of the molecule is CCc1ccc(Cn2cc(S(=O)(=O)Cl)c([N+](=O)[O-])n2)cc1. The molecule has 2 aromatic rings. The fourth-order valence-corrected chi connectivity index (χ4v) is 2.75. The van der Waals surface area contributed by atoms with E-state index < -0.39 is 24.7 Å². The lowest BCUT2D eigenvalue weighted by Gasteiger charge is -2.00. The Labute approximate surface area is 125 Å². The Morgan fingerprint density at radius 1 is 1.29 bits per heavy atom. The summed E-state index contributed by atoms with van der Waals surface area (Å²) in [4.78, 5) is 9.36. The van der Waals surface area contributed by atoms with Crippen LogP contribution in [0.1, 0.15) is 18.1 Å². The number of nitrogens with zero attached hydrogens (tertiary/aromatic N) is 3. The third-order valence-electron chi connectivity index (χ3n) is 2.92. The van der Waals surface area contributed by atoms with Crippen molar-refractivity contribution in [3.63, 3.8) is 0 Å². The fraction of sp³-hybridized carbons (Fsp3) is 0.250. The van der Waals surface area contributed by atoms with Crippen LogP contribution in [-0.4, -0.2) is 23.1 Å². The van der Waals surface area contributed by atoms with E-state index in [9.17, 15) is 18.5 Å². The summed E-state index contributed by atoms with van der Waals surface area (Å²) in [7, 11) is 0.965. The van der Waals surface area contributed by atoms with Gasteiger partial charge in [-0.15, -0.1) is 0 Å². The molecule has 21 heavy (non-hydrogen) atoms. The number of aryl methyl sites for hydroxylation is 1. The minimum absolute atomic E-state index is 0.219. The zero-order chi connectivity index (χ0) is 15.6. The predicted octanol–water partition coefficient (Wildman–Crippen LogP) is 2.33. The summed E-state index contributed by atoms with van der Waals surface area (Å²) in [5.41, 5.74) is 2.01. The van der Waals surface area contributed by atoms with Crippen molar-refractivity contribution in [2.24, 2.45) is 0 Å². The van der Waals surface area contributed by atoms with E-state index in [0.29, 0.717) is 0 Å². The zero-order valence-electron chi connectivity index (χ0n) is 11.1. The van der Waals surface area contributed by atoms with Crippen LogP contribution in [0.2, 0.25) is 0 Å². The number of benzene rings is 1. The van der Waals surface area contributed by atoms with Crippen molar-refractivity contribution in [3.8, 4) is 0 Å². The molecule has 0 bridgehead atoms. The van der Waals surface area contributed by atoms with Crippen molar-refractivity contribution in [1.29, 1.82) is 0 Å². The van der Waals surface area contributed by atoms with Crippen LogP contribution in [0.15, 0.2) is 35.4 Å². The number of hydrogen-bond donors (Lipinski definition) is 0. The van der Waals surface area contributed by atoms with Crippen LogP contribution in [0.3, 0.4) is 0 Å². The van der Waals surface area contributed by atoms with Crippen LogP contribution >= 0.6 is 10.7 Å². The number of hydrogen-bond acceptors (Lipinski definition) is 5. The van der Waals surface area contributed by atoms with Crippen molar-refractivity contribution in [3.05, 3.63) is 51.7 Å². The van der Waals surface area contributed by atoms with Gasteiger partial charge in [0.15, 0.2) is 0 Å². The van der Waals surface area contributed by atoms with Gasteiger partial charge < -0.3 is 10.1 Å². The largest absolute Gasteiger partial charge is 0.410 e. The quantitative estimate of drug-likeness (QED) is 0.476. The van der Waals surface area contributed by atoms with Gasteiger partial charge in [0.25, 0.3) is 9.05 Å². The minimum atomic E-state index is -4.21. The first-order chi connectivity index (χ1) is 9.81. The fourth-order valence-electron chi connectivity index (χ4n) is 1.84. The average Bonchev–Trinajstić information content (AvgIpc) is 2.84. The van der Waals surface area contributed by atoms with E-state index >= 15 is 0 Å². The third-order valence-corrected chi connectivity index (χ3v) is 4.23. The highest BCUT2D eigenvalue weighted by molar-refractivity contribution is 8.13. The second kappa shape index (κ2) is 5.82. The van der Waals surface area contributed by atoms with E-state index in [1.54, 1.807) is 0 Å². The molecule has 0 radical (unpaired) electrons. The molecule has 2 rings (SSSR count). The Hall–Kier alpha value is -1.93. The Balaban J connectivity index is 2.34. The summed E-state index contributed by atoms with van der Waals surface area (Å²) < 4.78 is 23.8. The van der Waals surface area contributed by atoms with E-state index in [4.69, 9.17) is 10.7 Å². The molecule has 0 saturated heterocycles. The molecule has 0 aliphatic rings. The summed E-state index contributed by atoms with van der Waals surface area (Å²) in [5.74, 6) is -0.768. The van der Waals surface area contributed by atoms with E-state index in [1.165, 1.54) is 4.68 Å². The second-order valence-electron chi connectivity index (χ2n) is 4.38. The standard InChI is InChI=1S/C12H12ClN3O4S/c1-2-9-3-5-10(6-4-9)7-15-8-11(21(13,19)20)12(14-15)16(17)18/h3-6,8H,2,7H2,1H3. The topological polar surface area (TPSA) is 95.1 Å². The predicted molar refractivity (Wildman–Crippen MR) is 76.8 cm³/mol. The van der Waals surface area contributed by atoms with Gasteiger partial charge in [0, 0.05) is 10.7 Å². The molecule has 7 nitrogen and oxygen atoms in total. The van der Waals surface area contributed by atoms with E-state index in [0.717, 1.165) is 23.7 Å². The molecule has 1 heterocycles. The highest BCUT2D eigenvalue weighted by atomic mass is 35.7. The van der Waals surface area contributed by atoms with Gasteiger partial charge in [0.2, 0.25) is 4.90 Å². The Bertz CT molecular complexity index is 768. The lowest BCUT2D eigenvalue weighted by atomic mass is 10.1. The molecule has 0 fully saturated rings. The first-order valence-corrected chi connectivity index (χ1v) is 8.36. The summed E-state index contributed by atoms with van der Waals surface area (Å²) in [6, 6.07) is 7.60. The van der Waals surface area contributed by atoms with Gasteiger partial charge in [-0.2, -0.15) is 4.68 Å². The zero-order valence-corrected chi connectivity index (χ0v) is 12.6. The van der Waals surface area contributed by atoms with Crippen LogP contribution in [-0.2, 0) is 22.0 Å². The number of aromatic nitrogens is 2. The Kier molecular flexibility index (Phi) is 4.29. The summed E-state index contributed by atoms with van der Waals surface area (Å²) in [6.07, 6.45) is 1.97. The van der Waals surface area contributed by atoms with Gasteiger partial charge in [-0.3, -0.25) is 0 Å². The summed E-state index contributed by atoms with van der Waals surface area (Å²) in [5, 5.41) is 14.5. The molecule has 0 unspecified atom stereocenters. The maximum absolute atomic E-state index is 11.3. The van der Waals surface area contributed by atoms with Gasteiger partial charge in [-0.25, -0.2) is 8.42 Å². The molecule has 1 aromatic heterocycles. The molecule has 0 aliphatic heterocycles. The van der Waals surface area contributed by atoms with Crippen molar-refractivity contribution in [2.75, 3.05) is 0 Å². The molecule has 0 amide bonds. The van der Waals surface area contributed by atoms with E-state index in [-0.39, 0.29) is 6.54 Å². The van der Waals surface area contributed by atoms with Gasteiger partial charge in [0.05, 0.1) is 17.8 Å². The lowest BCUT2D eigenvalue weighted by Crippen LogP contribution is -2.01. The van der Waals surface area contributed by atoms with Gasteiger partial charge in [0.1, 0.15) is 0 Å². The van der Waals surface area contributed by atoms with Crippen molar-refractivity contribution in [2.45, 2.75) is 24.8 Å². The van der Waals surface area contributed by atoms with Crippen LogP contribution in [0.25, 0.3) is 0 Å². The smallest absolute Gasteiger partial charge is 0.358 e. The highest BCUT2D eigenvalue weighted by Gasteiger charge is 2.29. The average molecular weight is 330 g/mol. The van der Waals surface area contributed by atoms with Gasteiger partial charge in [-0.1, -0.05) is 31.2 Å². The van der Waals surface area contributed by atoms with Gasteiger partial charge >= 0.3 is 5.82 Å². The van der Waals surface area contributed by atoms with Crippen molar-refractivity contribution < 1.29 is 13.3 Å². The van der Waals surface area contributed by atoms with Crippen LogP contribution in [0.4, 0.5) is 5.82 Å². The van der Waals surface area contributed by atoms with Gasteiger partial charge in [-0.05, 0) is 22.5 Å². The molecule has 112 valence electrons. The Morgan fingerprint density at radius 3 is 2.29 bits per heavy atom. The summed E-state index contributed by atoms with van der Waals surface area (Å²) >= 11 is 0. The molecule has 0 saturated carbocycles. The molecule has 9 heteroatoms. The normalized spacial score (nSPS) is 11.5. The van der Waals surface area contributed by atoms with E-state index in [1.807, 2.05) is 31.2 Å². The molecule has 1 aromatic carbocycles. The highest BCUT2D eigenvalue weighted by Crippen LogP contribution is 2.25. The molecule has 0 spiro atoms. The maximum Gasteiger partial charge on any atom is 0.410 e. The first kappa shape index (κ1) is 15.5. The molecular weight excluding hydrogens is 318 g/mol. The number of nitro groups is 1. The number of halogens is 1. The molecule has 0 aliphatic carbocycles. The van der Waals surface area contributed by atoms with Crippen molar-refractivity contribution >= 4 is 25.6 Å². The van der Waals surface area contributed by atoms with Crippen molar-refractivity contribution in [1.82, 2.24) is 9.78 Å². The van der Waals surface area contributed by atoms with Crippen LogP contribution in [0.5, 0.6) is 0 Å². The van der Waals surface area contributed by atoms with E-state index in [2.05, 4.69) is 5.10 Å². The third kappa shape index (κ3) is 3.59. The lowest BCUT2D eigenvalue weighted by molar-refractivity contribution is -0.392. The van der Waals surface area contributed by atoms with Crippen LogP contribution in [0, 0.1) is 10.1 Å². The monoisotopic (exact) mass is 329 g/mol. The molecular formula is C12H12ClN3O4S. The molecule has 0 atom stereocenters. The maximum atomic E-state index is 11.3. The number of rotatable bonds is 5. The second-order valence-corrected chi connectivity index (χ2v) is 6.91. The first-order valence-electron chi connectivity index (χ1n) is 6.05.